The second kappa shape index (κ2) is 11.1. The summed E-state index contributed by atoms with van der Waals surface area (Å²) < 4.78 is 32.9. The lowest BCUT2D eigenvalue weighted by Gasteiger charge is -2.21. The highest BCUT2D eigenvalue weighted by Gasteiger charge is 2.29. The van der Waals surface area contributed by atoms with Gasteiger partial charge in [-0.05, 0) is 56.2 Å². The quantitative estimate of drug-likeness (QED) is 0.502. The van der Waals surface area contributed by atoms with E-state index in [-0.39, 0.29) is 15.5 Å². The molecule has 11 heteroatoms. The molecule has 2 aromatic rings. The molecule has 1 heterocycles. The summed E-state index contributed by atoms with van der Waals surface area (Å²) in [6.07, 6.45) is 2.30. The Bertz CT molecular complexity index is 1130. The molecule has 2 aromatic carbocycles. The lowest BCUT2D eigenvalue weighted by molar-refractivity contribution is -0.123. The summed E-state index contributed by atoms with van der Waals surface area (Å²) in [4.78, 5) is 24.9. The highest BCUT2D eigenvalue weighted by Crippen LogP contribution is 2.28. The molecule has 0 spiro atoms. The molecule has 1 fully saturated rings. The van der Waals surface area contributed by atoms with Crippen molar-refractivity contribution in [2.45, 2.75) is 43.6 Å². The third-order valence-corrected chi connectivity index (χ3v) is 7.95. The second-order valence-electron chi connectivity index (χ2n) is 7.66. The summed E-state index contributed by atoms with van der Waals surface area (Å²) in [6.45, 7) is 2.19. The summed E-state index contributed by atoms with van der Waals surface area (Å²) >= 11 is 18.0. The first-order chi connectivity index (χ1) is 15.6. The number of hydrogen-bond donors (Lipinski definition) is 1. The minimum absolute atomic E-state index is 0.0134. The number of carbonyl (C=O) groups is 2. The SMILES string of the molecule is CC(OC(=O)c1ccc(Cl)c(S(=O)(=O)N2CCCCCC2)c1)C(=O)Nc1cc(Cl)cc(Cl)c1. The molecule has 0 radical (unpaired) electrons. The number of sulfonamides is 1. The van der Waals surface area contributed by atoms with Crippen molar-refractivity contribution in [3.63, 3.8) is 0 Å². The third-order valence-electron chi connectivity index (χ3n) is 5.13. The molecule has 33 heavy (non-hydrogen) atoms. The molecule has 3 rings (SSSR count). The van der Waals surface area contributed by atoms with Crippen LogP contribution in [0.1, 0.15) is 43.0 Å². The van der Waals surface area contributed by atoms with Crippen LogP contribution >= 0.6 is 34.8 Å². The first-order valence-corrected chi connectivity index (χ1v) is 12.9. The number of carbonyl (C=O) groups excluding carboxylic acids is 2. The molecule has 0 saturated carbocycles. The van der Waals surface area contributed by atoms with E-state index >= 15 is 0 Å². The molecule has 1 amide bonds. The smallest absolute Gasteiger partial charge is 0.338 e. The van der Waals surface area contributed by atoms with Gasteiger partial charge in [-0.2, -0.15) is 4.31 Å². The maximum absolute atomic E-state index is 13.1. The van der Waals surface area contributed by atoms with E-state index in [4.69, 9.17) is 39.5 Å². The highest BCUT2D eigenvalue weighted by molar-refractivity contribution is 7.89. The van der Waals surface area contributed by atoms with Crippen molar-refractivity contribution in [1.29, 1.82) is 0 Å². The molecule has 0 bridgehead atoms. The van der Waals surface area contributed by atoms with Crippen LogP contribution in [0.25, 0.3) is 0 Å². The Morgan fingerprint density at radius 1 is 0.970 bits per heavy atom. The van der Waals surface area contributed by atoms with Gasteiger partial charge in [0.2, 0.25) is 10.0 Å². The first kappa shape index (κ1) is 25.8. The molecule has 0 aromatic heterocycles. The van der Waals surface area contributed by atoms with Crippen LogP contribution in [0.3, 0.4) is 0 Å². The first-order valence-electron chi connectivity index (χ1n) is 10.4. The van der Waals surface area contributed by atoms with Gasteiger partial charge in [-0.25, -0.2) is 13.2 Å². The van der Waals surface area contributed by atoms with Crippen molar-refractivity contribution < 1.29 is 22.7 Å². The average Bonchev–Trinajstić information content (AvgIpc) is 3.03. The molecule has 178 valence electrons. The maximum atomic E-state index is 13.1. The van der Waals surface area contributed by atoms with Crippen LogP contribution in [-0.2, 0) is 19.6 Å². The van der Waals surface area contributed by atoms with E-state index in [1.165, 1.54) is 47.6 Å². The van der Waals surface area contributed by atoms with E-state index < -0.39 is 28.0 Å². The Labute approximate surface area is 208 Å². The van der Waals surface area contributed by atoms with E-state index in [2.05, 4.69) is 5.32 Å². The molecular formula is C22H23Cl3N2O5S. The van der Waals surface area contributed by atoms with Crippen LogP contribution in [0.5, 0.6) is 0 Å². The molecule has 1 aliphatic heterocycles. The molecular weight excluding hydrogens is 511 g/mol. The number of esters is 1. The van der Waals surface area contributed by atoms with Crippen LogP contribution in [0.4, 0.5) is 5.69 Å². The van der Waals surface area contributed by atoms with Crippen LogP contribution in [0.15, 0.2) is 41.3 Å². The van der Waals surface area contributed by atoms with Crippen LogP contribution in [-0.4, -0.2) is 43.8 Å². The Morgan fingerprint density at radius 2 is 1.58 bits per heavy atom. The van der Waals surface area contributed by atoms with Gasteiger partial charge < -0.3 is 10.1 Å². The monoisotopic (exact) mass is 532 g/mol. The Hall–Kier alpha value is -1.84. The minimum atomic E-state index is -3.88. The minimum Gasteiger partial charge on any atom is -0.449 e. The molecule has 1 unspecified atom stereocenters. The predicted octanol–water partition coefficient (Wildman–Crippen LogP) is 5.40. The largest absolute Gasteiger partial charge is 0.449 e. The normalized spacial score (nSPS) is 16.0. The van der Waals surface area contributed by atoms with E-state index in [0.29, 0.717) is 28.8 Å². The number of halogens is 3. The Kier molecular flexibility index (Phi) is 8.64. The van der Waals surface area contributed by atoms with Gasteiger partial charge in [-0.15, -0.1) is 0 Å². The van der Waals surface area contributed by atoms with Crippen molar-refractivity contribution in [2.75, 3.05) is 18.4 Å². The third kappa shape index (κ3) is 6.61. The van der Waals surface area contributed by atoms with E-state index in [1.807, 2.05) is 0 Å². The van der Waals surface area contributed by atoms with Crippen molar-refractivity contribution in [3.8, 4) is 0 Å². The predicted molar refractivity (Wildman–Crippen MR) is 129 cm³/mol. The number of nitrogens with zero attached hydrogens (tertiary/aromatic N) is 1. The van der Waals surface area contributed by atoms with Gasteiger partial charge in [0.25, 0.3) is 5.91 Å². The molecule has 1 N–H and O–H groups in total. The number of ether oxygens (including phenoxy) is 1. The Balaban J connectivity index is 1.74. The number of rotatable bonds is 6. The number of benzene rings is 2. The van der Waals surface area contributed by atoms with Gasteiger partial charge in [-0.3, -0.25) is 4.79 Å². The summed E-state index contributed by atoms with van der Waals surface area (Å²) in [7, 11) is -3.88. The van der Waals surface area contributed by atoms with Crippen molar-refractivity contribution in [1.82, 2.24) is 4.31 Å². The topological polar surface area (TPSA) is 92.8 Å². The zero-order valence-electron chi connectivity index (χ0n) is 17.8. The van der Waals surface area contributed by atoms with Crippen LogP contribution in [0, 0.1) is 0 Å². The lowest BCUT2D eigenvalue weighted by Crippen LogP contribution is -2.32. The van der Waals surface area contributed by atoms with Gasteiger partial charge >= 0.3 is 5.97 Å². The molecule has 1 atom stereocenters. The average molecular weight is 534 g/mol. The zero-order valence-corrected chi connectivity index (χ0v) is 20.9. The summed E-state index contributed by atoms with van der Waals surface area (Å²) in [5.74, 6) is -1.46. The summed E-state index contributed by atoms with van der Waals surface area (Å²) in [5, 5.41) is 3.25. The molecule has 1 saturated heterocycles. The number of hydrogen-bond acceptors (Lipinski definition) is 5. The van der Waals surface area contributed by atoms with E-state index in [1.54, 1.807) is 0 Å². The molecule has 0 aliphatic carbocycles. The van der Waals surface area contributed by atoms with Crippen molar-refractivity contribution in [3.05, 3.63) is 57.0 Å². The van der Waals surface area contributed by atoms with Crippen LogP contribution < -0.4 is 5.32 Å². The molecule has 7 nitrogen and oxygen atoms in total. The highest BCUT2D eigenvalue weighted by atomic mass is 35.5. The summed E-state index contributed by atoms with van der Waals surface area (Å²) in [6, 6.07) is 8.39. The fraction of sp³-hybridized carbons (Fsp3) is 0.364. The van der Waals surface area contributed by atoms with E-state index in [0.717, 1.165) is 25.7 Å². The lowest BCUT2D eigenvalue weighted by atomic mass is 10.2. The van der Waals surface area contributed by atoms with Crippen molar-refractivity contribution >= 4 is 62.4 Å². The maximum Gasteiger partial charge on any atom is 0.338 e. The number of anilines is 1. The van der Waals surface area contributed by atoms with Gasteiger partial charge in [0.15, 0.2) is 6.10 Å². The van der Waals surface area contributed by atoms with Gasteiger partial charge in [0, 0.05) is 28.8 Å². The van der Waals surface area contributed by atoms with E-state index in [9.17, 15) is 18.0 Å². The fourth-order valence-corrected chi connectivity index (χ4v) is 5.94. The standard InChI is InChI=1S/C22H23Cl3N2O5S/c1-14(21(28)26-18-12-16(23)11-17(24)13-18)32-22(29)15-6-7-19(25)20(10-15)33(30,31)27-8-4-2-3-5-9-27/h6-7,10-14H,2-5,8-9H2,1H3,(H,26,28). The van der Waals surface area contributed by atoms with Crippen molar-refractivity contribution in [2.24, 2.45) is 0 Å². The fourth-order valence-electron chi connectivity index (χ4n) is 3.40. The Morgan fingerprint density at radius 3 is 2.18 bits per heavy atom. The summed E-state index contributed by atoms with van der Waals surface area (Å²) in [5.41, 5.74) is 0.316. The number of amides is 1. The second-order valence-corrected chi connectivity index (χ2v) is 10.8. The molecule has 1 aliphatic rings. The zero-order chi connectivity index (χ0) is 24.2. The number of nitrogens with one attached hydrogen (secondary N) is 1. The van der Waals surface area contributed by atoms with Gasteiger partial charge in [0.05, 0.1) is 10.6 Å². The van der Waals surface area contributed by atoms with Gasteiger partial charge in [-0.1, -0.05) is 47.6 Å². The van der Waals surface area contributed by atoms with Gasteiger partial charge in [0.1, 0.15) is 4.90 Å². The van der Waals surface area contributed by atoms with Crippen LogP contribution in [0.2, 0.25) is 15.1 Å².